The van der Waals surface area contributed by atoms with Gasteiger partial charge in [0.25, 0.3) is 0 Å². The maximum atomic E-state index is 11.4. The predicted molar refractivity (Wildman–Crippen MR) is 60.8 cm³/mol. The van der Waals surface area contributed by atoms with Crippen molar-refractivity contribution in [3.05, 3.63) is 28.8 Å². The first-order chi connectivity index (χ1) is 6.69. The first-order valence-corrected chi connectivity index (χ1v) is 5.17. The Morgan fingerprint density at radius 3 is 2.79 bits per heavy atom. The van der Waals surface area contributed by atoms with Crippen molar-refractivity contribution in [2.75, 3.05) is 12.9 Å². The van der Waals surface area contributed by atoms with Crippen LogP contribution in [0.25, 0.3) is 0 Å². The third-order valence-corrected chi connectivity index (χ3v) is 2.33. The molecule has 0 amide bonds. The second-order valence-corrected chi connectivity index (χ2v) is 3.60. The van der Waals surface area contributed by atoms with Gasteiger partial charge in [0.15, 0.2) is 5.78 Å². The van der Waals surface area contributed by atoms with Gasteiger partial charge in [-0.05, 0) is 24.0 Å². The number of ketones is 1. The van der Waals surface area contributed by atoms with Crippen molar-refractivity contribution in [2.24, 2.45) is 0 Å². The Hall–Kier alpha value is -0.670. The second-order valence-electron chi connectivity index (χ2n) is 2.75. The van der Waals surface area contributed by atoms with Crippen molar-refractivity contribution < 1.29 is 9.53 Å². The van der Waals surface area contributed by atoms with Crippen molar-refractivity contribution >= 4 is 30.0 Å². The van der Waals surface area contributed by atoms with Crippen LogP contribution in [-0.4, -0.2) is 18.6 Å². The maximum absolute atomic E-state index is 11.4. The SMILES string of the molecule is COc1ccc(C(=O)CCS)cc1Cl. The summed E-state index contributed by atoms with van der Waals surface area (Å²) in [5.74, 6) is 1.17. The predicted octanol–water partition coefficient (Wildman–Crippen LogP) is 2.85. The highest BCUT2D eigenvalue weighted by molar-refractivity contribution is 7.80. The quantitative estimate of drug-likeness (QED) is 0.636. The van der Waals surface area contributed by atoms with Crippen LogP contribution in [0.15, 0.2) is 18.2 Å². The van der Waals surface area contributed by atoms with Gasteiger partial charge in [-0.15, -0.1) is 0 Å². The molecular formula is C10H11ClO2S. The van der Waals surface area contributed by atoms with Gasteiger partial charge in [0.2, 0.25) is 0 Å². The highest BCUT2D eigenvalue weighted by atomic mass is 35.5. The fourth-order valence-corrected chi connectivity index (χ4v) is 1.55. The molecule has 0 atom stereocenters. The van der Waals surface area contributed by atoms with Crippen molar-refractivity contribution in [1.82, 2.24) is 0 Å². The summed E-state index contributed by atoms with van der Waals surface area (Å²) in [6, 6.07) is 5.01. The fraction of sp³-hybridized carbons (Fsp3) is 0.300. The Morgan fingerprint density at radius 1 is 1.57 bits per heavy atom. The number of thiol groups is 1. The molecule has 0 N–H and O–H groups in total. The number of hydrogen-bond acceptors (Lipinski definition) is 3. The van der Waals surface area contributed by atoms with E-state index < -0.39 is 0 Å². The first kappa shape index (κ1) is 11.4. The molecule has 0 saturated heterocycles. The minimum Gasteiger partial charge on any atom is -0.495 e. The van der Waals surface area contributed by atoms with Gasteiger partial charge in [0, 0.05) is 12.0 Å². The summed E-state index contributed by atoms with van der Waals surface area (Å²) in [6.07, 6.45) is 0.422. The standard InChI is InChI=1S/C10H11ClO2S/c1-13-10-3-2-7(6-8(10)11)9(12)4-5-14/h2-3,6,14H,4-5H2,1H3. The van der Waals surface area contributed by atoms with Gasteiger partial charge in [0.05, 0.1) is 12.1 Å². The third kappa shape index (κ3) is 2.66. The summed E-state index contributed by atoms with van der Waals surface area (Å²) in [7, 11) is 1.54. The Kier molecular flexibility index (Phi) is 4.29. The van der Waals surface area contributed by atoms with Crippen LogP contribution in [0.4, 0.5) is 0 Å². The van der Waals surface area contributed by atoms with E-state index in [4.69, 9.17) is 16.3 Å². The van der Waals surface area contributed by atoms with Crippen LogP contribution in [-0.2, 0) is 0 Å². The molecule has 0 saturated carbocycles. The monoisotopic (exact) mass is 230 g/mol. The number of benzene rings is 1. The van der Waals surface area contributed by atoms with E-state index in [-0.39, 0.29) is 5.78 Å². The van der Waals surface area contributed by atoms with Crippen LogP contribution in [0.3, 0.4) is 0 Å². The molecule has 0 aliphatic carbocycles. The highest BCUT2D eigenvalue weighted by Crippen LogP contribution is 2.25. The van der Waals surface area contributed by atoms with E-state index in [9.17, 15) is 4.79 Å². The molecule has 0 aliphatic rings. The van der Waals surface area contributed by atoms with E-state index in [1.807, 2.05) is 0 Å². The number of ether oxygens (including phenoxy) is 1. The van der Waals surface area contributed by atoms with Crippen molar-refractivity contribution in [3.8, 4) is 5.75 Å². The number of rotatable bonds is 4. The van der Waals surface area contributed by atoms with Gasteiger partial charge in [0.1, 0.15) is 5.75 Å². The second kappa shape index (κ2) is 5.27. The molecule has 0 radical (unpaired) electrons. The Balaban J connectivity index is 2.91. The van der Waals surface area contributed by atoms with Gasteiger partial charge < -0.3 is 4.74 Å². The smallest absolute Gasteiger partial charge is 0.163 e. The molecule has 76 valence electrons. The molecule has 0 spiro atoms. The molecule has 0 unspecified atom stereocenters. The van der Waals surface area contributed by atoms with E-state index in [2.05, 4.69) is 12.6 Å². The number of carbonyl (C=O) groups is 1. The minimum atomic E-state index is 0.0459. The largest absolute Gasteiger partial charge is 0.495 e. The summed E-state index contributed by atoms with van der Waals surface area (Å²) in [5, 5.41) is 0.456. The van der Waals surface area contributed by atoms with Crippen LogP contribution >= 0.6 is 24.2 Å². The third-order valence-electron chi connectivity index (χ3n) is 1.81. The topological polar surface area (TPSA) is 26.3 Å². The molecule has 0 aliphatic heterocycles. The molecule has 0 bridgehead atoms. The molecule has 1 rings (SSSR count). The normalized spacial score (nSPS) is 9.93. The maximum Gasteiger partial charge on any atom is 0.163 e. The fourth-order valence-electron chi connectivity index (χ4n) is 1.09. The lowest BCUT2D eigenvalue weighted by Gasteiger charge is -2.04. The molecule has 0 aromatic heterocycles. The Morgan fingerprint density at radius 2 is 2.29 bits per heavy atom. The van der Waals surface area contributed by atoms with E-state index in [0.717, 1.165) is 0 Å². The number of Topliss-reactive ketones (excluding diaryl/α,β-unsaturated/α-hetero) is 1. The van der Waals surface area contributed by atoms with Gasteiger partial charge >= 0.3 is 0 Å². The van der Waals surface area contributed by atoms with Crippen LogP contribution in [0.1, 0.15) is 16.8 Å². The van der Waals surface area contributed by atoms with Crippen molar-refractivity contribution in [2.45, 2.75) is 6.42 Å². The molecule has 0 fully saturated rings. The number of halogens is 1. The van der Waals surface area contributed by atoms with Gasteiger partial charge in [-0.3, -0.25) is 4.79 Å². The van der Waals surface area contributed by atoms with E-state index >= 15 is 0 Å². The summed E-state index contributed by atoms with van der Waals surface area (Å²) in [4.78, 5) is 11.4. The number of carbonyl (C=O) groups excluding carboxylic acids is 1. The summed E-state index contributed by atoms with van der Waals surface area (Å²) >= 11 is 9.87. The lowest BCUT2D eigenvalue weighted by Crippen LogP contribution is -1.99. The average Bonchev–Trinajstić information content (AvgIpc) is 2.18. The van der Waals surface area contributed by atoms with Crippen LogP contribution in [0.2, 0.25) is 5.02 Å². The van der Waals surface area contributed by atoms with Gasteiger partial charge in [-0.1, -0.05) is 11.6 Å². The number of hydrogen-bond donors (Lipinski definition) is 1. The molecule has 0 heterocycles. The molecule has 1 aromatic carbocycles. The lowest BCUT2D eigenvalue weighted by molar-refractivity contribution is 0.0989. The minimum absolute atomic E-state index is 0.0459. The first-order valence-electron chi connectivity index (χ1n) is 4.16. The molecular weight excluding hydrogens is 220 g/mol. The zero-order chi connectivity index (χ0) is 10.6. The average molecular weight is 231 g/mol. The van der Waals surface area contributed by atoms with Crippen molar-refractivity contribution in [3.63, 3.8) is 0 Å². The molecule has 2 nitrogen and oxygen atoms in total. The van der Waals surface area contributed by atoms with Gasteiger partial charge in [-0.25, -0.2) is 0 Å². The summed E-state index contributed by atoms with van der Waals surface area (Å²) < 4.78 is 4.98. The Bertz CT molecular complexity index is 339. The summed E-state index contributed by atoms with van der Waals surface area (Å²) in [5.41, 5.74) is 0.602. The van der Waals surface area contributed by atoms with Gasteiger partial charge in [-0.2, -0.15) is 12.6 Å². The molecule has 4 heteroatoms. The molecule has 1 aromatic rings. The van der Waals surface area contributed by atoms with E-state index in [1.54, 1.807) is 18.2 Å². The summed E-state index contributed by atoms with van der Waals surface area (Å²) in [6.45, 7) is 0. The molecule has 14 heavy (non-hydrogen) atoms. The zero-order valence-corrected chi connectivity index (χ0v) is 9.44. The number of methoxy groups -OCH3 is 1. The van der Waals surface area contributed by atoms with Crippen LogP contribution < -0.4 is 4.74 Å². The van der Waals surface area contributed by atoms with Crippen LogP contribution in [0, 0.1) is 0 Å². The zero-order valence-electron chi connectivity index (χ0n) is 7.79. The van der Waals surface area contributed by atoms with E-state index in [0.29, 0.717) is 28.5 Å². The Labute approximate surface area is 93.6 Å². The van der Waals surface area contributed by atoms with Crippen molar-refractivity contribution in [1.29, 1.82) is 0 Å². The highest BCUT2D eigenvalue weighted by Gasteiger charge is 2.07. The van der Waals surface area contributed by atoms with E-state index in [1.165, 1.54) is 7.11 Å². The lowest BCUT2D eigenvalue weighted by atomic mass is 10.1. The van der Waals surface area contributed by atoms with Crippen LogP contribution in [0.5, 0.6) is 5.75 Å².